The number of aryl methyl sites for hydroxylation is 1. The fourth-order valence-electron chi connectivity index (χ4n) is 2.86. The number of carbonyl (C=O) groups excluding carboxylic acids is 2. The summed E-state index contributed by atoms with van der Waals surface area (Å²) in [6.07, 6.45) is 1.56. The van der Waals surface area contributed by atoms with Gasteiger partial charge >= 0.3 is 6.09 Å². The first-order valence-electron chi connectivity index (χ1n) is 8.91. The summed E-state index contributed by atoms with van der Waals surface area (Å²) in [4.78, 5) is 25.4. The van der Waals surface area contributed by atoms with E-state index in [1.807, 2.05) is 32.0 Å². The molecule has 1 saturated heterocycles. The molecule has 6 heteroatoms. The lowest BCUT2D eigenvalue weighted by atomic mass is 10.1. The minimum absolute atomic E-state index is 0.0140. The van der Waals surface area contributed by atoms with E-state index in [1.165, 1.54) is 5.56 Å². The molecule has 0 aliphatic carbocycles. The molecular weight excluding hydrogens is 320 g/mol. The quantitative estimate of drug-likeness (QED) is 0.858. The maximum absolute atomic E-state index is 12.1. The topological polar surface area (TPSA) is 67.9 Å². The lowest BCUT2D eigenvalue weighted by molar-refractivity contribution is -0.122. The molecule has 6 nitrogen and oxygen atoms in total. The standard InChI is InChI=1S/C19H28N2O4/c1-4-24-19(23)21-11-8-16(9-12-21)20-18(22)10-13-25-17-7-5-6-14(2)15(17)3/h5-7,16H,4,8-13H2,1-3H3,(H,20,22). The normalized spacial score (nSPS) is 14.9. The lowest BCUT2D eigenvalue weighted by Crippen LogP contribution is -2.46. The molecule has 1 aromatic rings. The third-order valence-electron chi connectivity index (χ3n) is 4.53. The molecule has 1 aliphatic heterocycles. The predicted octanol–water partition coefficient (Wildman–Crippen LogP) is 2.81. The SMILES string of the molecule is CCOC(=O)N1CCC(NC(=O)CCOc2cccc(C)c2C)CC1. The van der Waals surface area contributed by atoms with Gasteiger partial charge in [-0.3, -0.25) is 4.79 Å². The van der Waals surface area contributed by atoms with Gasteiger partial charge in [0.05, 0.1) is 19.6 Å². The molecule has 0 aromatic heterocycles. The molecule has 0 saturated carbocycles. The van der Waals surface area contributed by atoms with Gasteiger partial charge in [-0.1, -0.05) is 12.1 Å². The van der Waals surface area contributed by atoms with E-state index < -0.39 is 0 Å². The number of rotatable bonds is 6. The second-order valence-corrected chi connectivity index (χ2v) is 6.32. The van der Waals surface area contributed by atoms with Crippen molar-refractivity contribution in [3.05, 3.63) is 29.3 Å². The van der Waals surface area contributed by atoms with Gasteiger partial charge in [-0.05, 0) is 50.8 Å². The Labute approximate surface area is 149 Å². The van der Waals surface area contributed by atoms with Crippen LogP contribution in [0.5, 0.6) is 5.75 Å². The third-order valence-corrected chi connectivity index (χ3v) is 4.53. The molecule has 0 radical (unpaired) electrons. The number of hydrogen-bond donors (Lipinski definition) is 1. The Hall–Kier alpha value is -2.24. The van der Waals surface area contributed by atoms with Gasteiger partial charge < -0.3 is 19.7 Å². The summed E-state index contributed by atoms with van der Waals surface area (Å²) in [5.74, 6) is 0.815. The van der Waals surface area contributed by atoms with Gasteiger partial charge in [-0.15, -0.1) is 0 Å². The molecule has 2 rings (SSSR count). The summed E-state index contributed by atoms with van der Waals surface area (Å²) in [6.45, 7) is 7.82. The van der Waals surface area contributed by atoms with E-state index in [9.17, 15) is 9.59 Å². The number of nitrogens with one attached hydrogen (secondary N) is 1. The van der Waals surface area contributed by atoms with Crippen molar-refractivity contribution in [2.75, 3.05) is 26.3 Å². The number of benzene rings is 1. The lowest BCUT2D eigenvalue weighted by Gasteiger charge is -2.31. The summed E-state index contributed by atoms with van der Waals surface area (Å²) in [6, 6.07) is 6.02. The monoisotopic (exact) mass is 348 g/mol. The number of nitrogens with zero attached hydrogens (tertiary/aromatic N) is 1. The van der Waals surface area contributed by atoms with Crippen LogP contribution in [-0.4, -0.2) is 49.2 Å². The Kier molecular flexibility index (Phi) is 7.10. The number of carbonyl (C=O) groups is 2. The van der Waals surface area contributed by atoms with E-state index in [0.717, 1.165) is 24.2 Å². The molecule has 1 fully saturated rings. The van der Waals surface area contributed by atoms with Crippen molar-refractivity contribution >= 4 is 12.0 Å². The van der Waals surface area contributed by atoms with Gasteiger partial charge in [0.2, 0.25) is 5.91 Å². The molecule has 138 valence electrons. The minimum atomic E-state index is -0.269. The van der Waals surface area contributed by atoms with Crippen LogP contribution in [0.4, 0.5) is 4.79 Å². The maximum atomic E-state index is 12.1. The highest BCUT2D eigenvalue weighted by atomic mass is 16.6. The second-order valence-electron chi connectivity index (χ2n) is 6.32. The minimum Gasteiger partial charge on any atom is -0.493 e. The van der Waals surface area contributed by atoms with E-state index >= 15 is 0 Å². The Morgan fingerprint density at radius 3 is 2.64 bits per heavy atom. The van der Waals surface area contributed by atoms with Gasteiger partial charge in [-0.2, -0.15) is 0 Å². The second kappa shape index (κ2) is 9.30. The number of amides is 2. The first kappa shape index (κ1) is 19.1. The molecular formula is C19H28N2O4. The molecule has 1 N–H and O–H groups in total. The summed E-state index contributed by atoms with van der Waals surface area (Å²) < 4.78 is 10.7. The van der Waals surface area contributed by atoms with Crippen molar-refractivity contribution in [1.82, 2.24) is 10.2 Å². The first-order valence-corrected chi connectivity index (χ1v) is 8.91. The van der Waals surface area contributed by atoms with Gasteiger partial charge in [0.15, 0.2) is 0 Å². The first-order chi connectivity index (χ1) is 12.0. The number of hydrogen-bond acceptors (Lipinski definition) is 4. The summed E-state index contributed by atoms with van der Waals surface area (Å²) in [7, 11) is 0. The molecule has 0 atom stereocenters. The molecule has 0 bridgehead atoms. The van der Waals surface area contributed by atoms with Crippen LogP contribution in [0.1, 0.15) is 37.3 Å². The van der Waals surface area contributed by atoms with Crippen LogP contribution < -0.4 is 10.1 Å². The Bertz CT molecular complexity index is 595. The Morgan fingerprint density at radius 2 is 1.96 bits per heavy atom. The van der Waals surface area contributed by atoms with Crippen LogP contribution in [0.15, 0.2) is 18.2 Å². The van der Waals surface area contributed by atoms with Gasteiger partial charge in [0.1, 0.15) is 5.75 Å². The zero-order valence-electron chi connectivity index (χ0n) is 15.3. The average molecular weight is 348 g/mol. The van der Waals surface area contributed by atoms with E-state index in [4.69, 9.17) is 9.47 Å². The zero-order chi connectivity index (χ0) is 18.2. The van der Waals surface area contributed by atoms with Crippen molar-refractivity contribution in [3.63, 3.8) is 0 Å². The molecule has 1 aromatic carbocycles. The number of piperidine rings is 1. The predicted molar refractivity (Wildman–Crippen MR) is 95.8 cm³/mol. The number of likely N-dealkylation sites (tertiary alicyclic amines) is 1. The Balaban J connectivity index is 1.68. The van der Waals surface area contributed by atoms with E-state index in [-0.39, 0.29) is 18.0 Å². The van der Waals surface area contributed by atoms with Crippen molar-refractivity contribution in [2.45, 2.75) is 46.1 Å². The number of ether oxygens (including phenoxy) is 2. The molecule has 0 unspecified atom stereocenters. The van der Waals surface area contributed by atoms with Crippen LogP contribution in [0.25, 0.3) is 0 Å². The molecule has 0 spiro atoms. The van der Waals surface area contributed by atoms with Crippen LogP contribution >= 0.6 is 0 Å². The van der Waals surface area contributed by atoms with Crippen LogP contribution in [0.3, 0.4) is 0 Å². The van der Waals surface area contributed by atoms with E-state index in [2.05, 4.69) is 5.32 Å². The van der Waals surface area contributed by atoms with Crippen molar-refractivity contribution in [2.24, 2.45) is 0 Å². The summed E-state index contributed by atoms with van der Waals surface area (Å²) in [5.41, 5.74) is 2.28. The molecule has 1 heterocycles. The zero-order valence-corrected chi connectivity index (χ0v) is 15.3. The highest BCUT2D eigenvalue weighted by molar-refractivity contribution is 5.76. The van der Waals surface area contributed by atoms with Crippen molar-refractivity contribution in [3.8, 4) is 5.75 Å². The maximum Gasteiger partial charge on any atom is 0.409 e. The van der Waals surface area contributed by atoms with Gasteiger partial charge in [0.25, 0.3) is 0 Å². The fraction of sp³-hybridized carbons (Fsp3) is 0.579. The van der Waals surface area contributed by atoms with Crippen LogP contribution in [0, 0.1) is 13.8 Å². The Morgan fingerprint density at radius 1 is 1.24 bits per heavy atom. The highest BCUT2D eigenvalue weighted by Crippen LogP contribution is 2.20. The largest absolute Gasteiger partial charge is 0.493 e. The van der Waals surface area contributed by atoms with Gasteiger partial charge in [0, 0.05) is 19.1 Å². The van der Waals surface area contributed by atoms with Gasteiger partial charge in [-0.25, -0.2) is 4.79 Å². The molecule has 2 amide bonds. The van der Waals surface area contributed by atoms with Crippen LogP contribution in [-0.2, 0) is 9.53 Å². The van der Waals surface area contributed by atoms with Crippen molar-refractivity contribution < 1.29 is 19.1 Å². The fourth-order valence-corrected chi connectivity index (χ4v) is 2.86. The molecule has 1 aliphatic rings. The van der Waals surface area contributed by atoms with E-state index in [0.29, 0.717) is 32.7 Å². The molecule has 25 heavy (non-hydrogen) atoms. The van der Waals surface area contributed by atoms with E-state index in [1.54, 1.807) is 11.8 Å². The summed E-state index contributed by atoms with van der Waals surface area (Å²) >= 11 is 0. The smallest absolute Gasteiger partial charge is 0.409 e. The van der Waals surface area contributed by atoms with Crippen LogP contribution in [0.2, 0.25) is 0 Å². The van der Waals surface area contributed by atoms with Crippen molar-refractivity contribution in [1.29, 1.82) is 0 Å². The third kappa shape index (κ3) is 5.66. The average Bonchev–Trinajstić information content (AvgIpc) is 2.59. The highest BCUT2D eigenvalue weighted by Gasteiger charge is 2.24. The summed E-state index contributed by atoms with van der Waals surface area (Å²) in [5, 5.41) is 3.02.